The van der Waals surface area contributed by atoms with E-state index in [9.17, 15) is 9.59 Å². The molecular formula is C16H21NO5. The highest BCUT2D eigenvalue weighted by Gasteiger charge is 2.31. The van der Waals surface area contributed by atoms with E-state index in [0.717, 1.165) is 0 Å². The summed E-state index contributed by atoms with van der Waals surface area (Å²) in [4.78, 5) is 24.0. The summed E-state index contributed by atoms with van der Waals surface area (Å²) in [6.07, 6.45) is -1.77. The highest BCUT2D eigenvalue weighted by Crippen LogP contribution is 2.31. The maximum Gasteiger partial charge on any atom is 0.351 e. The second-order valence-electron chi connectivity index (χ2n) is 6.18. The van der Waals surface area contributed by atoms with E-state index in [2.05, 4.69) is 5.32 Å². The molecule has 1 aromatic rings. The number of nitrogens with one attached hydrogen (secondary N) is 1. The fourth-order valence-corrected chi connectivity index (χ4v) is 1.91. The summed E-state index contributed by atoms with van der Waals surface area (Å²) in [6.45, 7) is 7.15. The van der Waals surface area contributed by atoms with E-state index in [4.69, 9.17) is 14.2 Å². The van der Waals surface area contributed by atoms with Crippen molar-refractivity contribution in [1.82, 2.24) is 5.32 Å². The third kappa shape index (κ3) is 4.13. The average Bonchev–Trinajstić information content (AvgIpc) is 2.44. The summed E-state index contributed by atoms with van der Waals surface area (Å²) >= 11 is 0. The zero-order valence-electron chi connectivity index (χ0n) is 13.2. The van der Waals surface area contributed by atoms with E-state index < -0.39 is 18.2 Å². The molecule has 0 saturated heterocycles. The number of fused-ring (bicyclic) bond motifs is 1. The van der Waals surface area contributed by atoms with Gasteiger partial charge in [-0.2, -0.15) is 0 Å². The van der Waals surface area contributed by atoms with Gasteiger partial charge in [0.1, 0.15) is 6.61 Å². The summed E-state index contributed by atoms with van der Waals surface area (Å²) < 4.78 is 16.2. The second-order valence-corrected chi connectivity index (χ2v) is 6.18. The van der Waals surface area contributed by atoms with Crippen LogP contribution in [0.25, 0.3) is 0 Å². The lowest BCUT2D eigenvalue weighted by Gasteiger charge is -2.27. The maximum absolute atomic E-state index is 12.1. The molecular weight excluding hydrogens is 286 g/mol. The number of carbonyl (C=O) groups is 2. The van der Waals surface area contributed by atoms with Crippen molar-refractivity contribution in [3.8, 4) is 11.5 Å². The predicted octanol–water partition coefficient (Wildman–Crippen LogP) is 1.67. The van der Waals surface area contributed by atoms with Crippen LogP contribution in [0.5, 0.6) is 11.5 Å². The normalized spacial score (nSPS) is 18.3. The smallest absolute Gasteiger partial charge is 0.351 e. The molecule has 1 aliphatic heterocycles. The van der Waals surface area contributed by atoms with Gasteiger partial charge < -0.3 is 19.5 Å². The first-order valence-electron chi connectivity index (χ1n) is 7.17. The van der Waals surface area contributed by atoms with Gasteiger partial charge in [-0.05, 0) is 39.8 Å². The Morgan fingerprint density at radius 2 is 1.91 bits per heavy atom. The van der Waals surface area contributed by atoms with Gasteiger partial charge in [-0.1, -0.05) is 12.1 Å². The number of hydrogen-bond acceptors (Lipinski definition) is 5. The molecule has 6 nitrogen and oxygen atoms in total. The Morgan fingerprint density at radius 3 is 2.55 bits per heavy atom. The van der Waals surface area contributed by atoms with Crippen LogP contribution in [0.15, 0.2) is 24.3 Å². The summed E-state index contributed by atoms with van der Waals surface area (Å²) in [5.74, 6) is 0.108. The van der Waals surface area contributed by atoms with Gasteiger partial charge in [-0.3, -0.25) is 4.79 Å². The van der Waals surface area contributed by atoms with Gasteiger partial charge in [0.2, 0.25) is 6.10 Å². The first-order valence-corrected chi connectivity index (χ1v) is 7.17. The monoisotopic (exact) mass is 307 g/mol. The Hall–Kier alpha value is -2.24. The summed E-state index contributed by atoms with van der Waals surface area (Å²) in [5.41, 5.74) is -0.388. The van der Waals surface area contributed by atoms with Crippen LogP contribution in [0.4, 0.5) is 0 Å². The fourth-order valence-electron chi connectivity index (χ4n) is 1.91. The third-order valence-corrected chi connectivity index (χ3v) is 2.93. The van der Waals surface area contributed by atoms with Crippen molar-refractivity contribution in [3.05, 3.63) is 24.3 Å². The van der Waals surface area contributed by atoms with Gasteiger partial charge in [-0.15, -0.1) is 0 Å². The number of rotatable bonds is 3. The summed E-state index contributed by atoms with van der Waals surface area (Å²) in [5, 5.41) is 2.75. The van der Waals surface area contributed by atoms with Crippen LogP contribution in [0.2, 0.25) is 0 Å². The molecule has 1 aromatic carbocycles. The van der Waals surface area contributed by atoms with Crippen LogP contribution in [0.3, 0.4) is 0 Å². The van der Waals surface area contributed by atoms with Crippen LogP contribution in [0, 0.1) is 0 Å². The van der Waals surface area contributed by atoms with Crippen LogP contribution in [0.1, 0.15) is 27.7 Å². The number of esters is 1. The van der Waals surface area contributed by atoms with Crippen molar-refractivity contribution in [1.29, 1.82) is 0 Å². The number of para-hydroxylation sites is 2. The molecule has 0 aliphatic carbocycles. The standard InChI is InChI=1S/C16H21NO5/c1-10(14(18)17-16(2,3)4)21-15(19)13-9-20-11-7-5-6-8-12(11)22-13/h5-8,10,13H,9H2,1-4H3,(H,17,18)/t10-,13-/m1/s1. The quantitative estimate of drug-likeness (QED) is 0.860. The molecule has 1 heterocycles. The van der Waals surface area contributed by atoms with Crippen molar-refractivity contribution < 1.29 is 23.8 Å². The molecule has 0 spiro atoms. The molecule has 0 radical (unpaired) electrons. The first-order chi connectivity index (χ1) is 10.3. The number of ether oxygens (including phenoxy) is 3. The van der Waals surface area contributed by atoms with Crippen LogP contribution in [-0.4, -0.2) is 36.2 Å². The maximum atomic E-state index is 12.1. The molecule has 0 saturated carbocycles. The van der Waals surface area contributed by atoms with Gasteiger partial charge in [-0.25, -0.2) is 4.79 Å². The highest BCUT2D eigenvalue weighted by atomic mass is 16.6. The molecule has 0 unspecified atom stereocenters. The molecule has 1 amide bonds. The van der Waals surface area contributed by atoms with E-state index in [-0.39, 0.29) is 18.1 Å². The minimum absolute atomic E-state index is 0.0590. The molecule has 0 bridgehead atoms. The minimum Gasteiger partial charge on any atom is -0.485 e. The summed E-state index contributed by atoms with van der Waals surface area (Å²) in [7, 11) is 0. The average molecular weight is 307 g/mol. The number of carbonyl (C=O) groups excluding carboxylic acids is 2. The van der Waals surface area contributed by atoms with Crippen LogP contribution in [-0.2, 0) is 14.3 Å². The number of benzene rings is 1. The van der Waals surface area contributed by atoms with Crippen molar-refractivity contribution in [2.75, 3.05) is 6.61 Å². The van der Waals surface area contributed by atoms with Crippen molar-refractivity contribution in [3.63, 3.8) is 0 Å². The van der Waals surface area contributed by atoms with E-state index in [1.807, 2.05) is 26.8 Å². The Bertz CT molecular complexity index is 564. The lowest BCUT2D eigenvalue weighted by molar-refractivity contribution is -0.164. The fraction of sp³-hybridized carbons (Fsp3) is 0.500. The Labute approximate surface area is 129 Å². The second kappa shape index (κ2) is 6.25. The first kappa shape index (κ1) is 16.1. The topological polar surface area (TPSA) is 73.9 Å². The van der Waals surface area contributed by atoms with Gasteiger partial charge in [0.15, 0.2) is 17.6 Å². The van der Waals surface area contributed by atoms with Crippen LogP contribution < -0.4 is 14.8 Å². The van der Waals surface area contributed by atoms with Gasteiger partial charge >= 0.3 is 5.97 Å². The van der Waals surface area contributed by atoms with Gasteiger partial charge in [0, 0.05) is 5.54 Å². The molecule has 0 fully saturated rings. The zero-order valence-corrected chi connectivity index (χ0v) is 13.2. The Balaban J connectivity index is 1.92. The van der Waals surface area contributed by atoms with Gasteiger partial charge in [0.25, 0.3) is 5.91 Å². The minimum atomic E-state index is -0.896. The zero-order chi connectivity index (χ0) is 16.3. The molecule has 120 valence electrons. The summed E-state index contributed by atoms with van der Waals surface area (Å²) in [6, 6.07) is 7.08. The Kier molecular flexibility index (Phi) is 4.59. The van der Waals surface area contributed by atoms with Crippen LogP contribution >= 0.6 is 0 Å². The molecule has 1 aliphatic rings. The molecule has 0 aromatic heterocycles. The van der Waals surface area contributed by atoms with Crippen molar-refractivity contribution >= 4 is 11.9 Å². The third-order valence-electron chi connectivity index (χ3n) is 2.93. The van der Waals surface area contributed by atoms with Crippen molar-refractivity contribution in [2.45, 2.75) is 45.4 Å². The van der Waals surface area contributed by atoms with E-state index in [0.29, 0.717) is 11.5 Å². The van der Waals surface area contributed by atoms with E-state index in [1.165, 1.54) is 6.92 Å². The molecule has 1 N–H and O–H groups in total. The molecule has 6 heteroatoms. The molecule has 2 rings (SSSR count). The van der Waals surface area contributed by atoms with E-state index in [1.54, 1.807) is 18.2 Å². The van der Waals surface area contributed by atoms with Crippen molar-refractivity contribution in [2.24, 2.45) is 0 Å². The predicted molar refractivity (Wildman–Crippen MR) is 79.8 cm³/mol. The largest absolute Gasteiger partial charge is 0.485 e. The Morgan fingerprint density at radius 1 is 1.27 bits per heavy atom. The van der Waals surface area contributed by atoms with Gasteiger partial charge in [0.05, 0.1) is 0 Å². The molecule has 22 heavy (non-hydrogen) atoms. The number of amides is 1. The SMILES string of the molecule is C[C@@H](OC(=O)[C@H]1COc2ccccc2O1)C(=O)NC(C)(C)C. The highest BCUT2D eigenvalue weighted by molar-refractivity contribution is 5.85. The lowest BCUT2D eigenvalue weighted by Crippen LogP contribution is -2.48. The number of hydrogen-bond donors (Lipinski definition) is 1. The molecule has 2 atom stereocenters. The van der Waals surface area contributed by atoms with E-state index >= 15 is 0 Å². The lowest BCUT2D eigenvalue weighted by atomic mass is 10.1.